The van der Waals surface area contributed by atoms with Gasteiger partial charge in [-0.1, -0.05) is 53.0 Å². The zero-order valence-corrected chi connectivity index (χ0v) is 21.0. The van der Waals surface area contributed by atoms with Gasteiger partial charge in [0.05, 0.1) is 42.0 Å². The first-order valence-electron chi connectivity index (χ1n) is 10.1. The van der Waals surface area contributed by atoms with Crippen LogP contribution in [0.5, 0.6) is 0 Å². The van der Waals surface area contributed by atoms with Gasteiger partial charge in [0.1, 0.15) is 0 Å². The standard InChI is InChI=1S/C23H21Cl3N6S/c1-14-22(15(2)32(30-14)11-16-4-3-5-18(24)8-16)29-23(33)28-20-10-27-31(13-20)12-17-6-7-19(25)9-21(17)26/h3-10,13H,11-12H2,1-2H3,(H2,28,29,33). The second-order valence-electron chi connectivity index (χ2n) is 7.57. The second-order valence-corrected chi connectivity index (χ2v) is 9.26. The van der Waals surface area contributed by atoms with E-state index in [4.69, 9.17) is 47.0 Å². The Morgan fingerprint density at radius 1 is 1.00 bits per heavy atom. The van der Waals surface area contributed by atoms with E-state index in [1.165, 1.54) is 0 Å². The van der Waals surface area contributed by atoms with Crippen LogP contribution in [0.25, 0.3) is 0 Å². The molecule has 0 fully saturated rings. The first-order valence-corrected chi connectivity index (χ1v) is 11.7. The molecule has 2 N–H and O–H groups in total. The molecule has 0 unspecified atom stereocenters. The Balaban J connectivity index is 1.40. The van der Waals surface area contributed by atoms with Crippen molar-refractivity contribution in [2.75, 3.05) is 10.6 Å². The Bertz CT molecular complexity index is 1310. The molecular formula is C23H21Cl3N6S. The number of rotatable bonds is 6. The minimum absolute atomic E-state index is 0.451. The van der Waals surface area contributed by atoms with Crippen LogP contribution >= 0.6 is 47.0 Å². The highest BCUT2D eigenvalue weighted by molar-refractivity contribution is 7.80. The summed E-state index contributed by atoms with van der Waals surface area (Å²) in [6.07, 6.45) is 3.57. The van der Waals surface area contributed by atoms with Gasteiger partial charge in [0.2, 0.25) is 0 Å². The van der Waals surface area contributed by atoms with E-state index in [1.807, 2.05) is 61.1 Å². The van der Waals surface area contributed by atoms with E-state index in [1.54, 1.807) is 16.9 Å². The van der Waals surface area contributed by atoms with Crippen LogP contribution in [0.15, 0.2) is 54.9 Å². The van der Waals surface area contributed by atoms with Crippen molar-refractivity contribution in [2.45, 2.75) is 26.9 Å². The molecule has 6 nitrogen and oxygen atoms in total. The molecule has 0 aliphatic rings. The third kappa shape index (κ3) is 5.86. The molecule has 2 aromatic heterocycles. The van der Waals surface area contributed by atoms with E-state index in [2.05, 4.69) is 20.8 Å². The number of benzene rings is 2. The van der Waals surface area contributed by atoms with Crippen LogP contribution in [0.1, 0.15) is 22.5 Å². The lowest BCUT2D eigenvalue weighted by Gasteiger charge is -2.10. The second kappa shape index (κ2) is 10.1. The number of anilines is 2. The Morgan fingerprint density at radius 3 is 2.55 bits per heavy atom. The predicted octanol–water partition coefficient (Wildman–Crippen LogP) is 6.56. The number of hydrogen-bond donors (Lipinski definition) is 2. The predicted molar refractivity (Wildman–Crippen MR) is 140 cm³/mol. The van der Waals surface area contributed by atoms with Crippen molar-refractivity contribution in [3.8, 4) is 0 Å². The molecular weight excluding hydrogens is 499 g/mol. The largest absolute Gasteiger partial charge is 0.330 e. The maximum absolute atomic E-state index is 6.26. The van der Waals surface area contributed by atoms with Crippen LogP contribution in [-0.4, -0.2) is 24.7 Å². The number of halogens is 3. The smallest absolute Gasteiger partial charge is 0.175 e. The average Bonchev–Trinajstić information content (AvgIpc) is 3.29. The number of hydrogen-bond acceptors (Lipinski definition) is 3. The van der Waals surface area contributed by atoms with E-state index in [0.717, 1.165) is 33.9 Å². The quantitative estimate of drug-likeness (QED) is 0.282. The van der Waals surface area contributed by atoms with E-state index in [-0.39, 0.29) is 0 Å². The Hall–Kier alpha value is -2.58. The molecule has 2 heterocycles. The van der Waals surface area contributed by atoms with Gasteiger partial charge in [0, 0.05) is 21.3 Å². The highest BCUT2D eigenvalue weighted by Gasteiger charge is 2.14. The van der Waals surface area contributed by atoms with Crippen molar-refractivity contribution in [1.82, 2.24) is 19.6 Å². The van der Waals surface area contributed by atoms with Gasteiger partial charge in [-0.05, 0) is 61.5 Å². The molecule has 4 aromatic rings. The molecule has 0 amide bonds. The number of nitrogens with one attached hydrogen (secondary N) is 2. The van der Waals surface area contributed by atoms with Crippen molar-refractivity contribution < 1.29 is 0 Å². The van der Waals surface area contributed by atoms with E-state index >= 15 is 0 Å². The SMILES string of the molecule is Cc1nn(Cc2cccc(Cl)c2)c(C)c1NC(=S)Nc1cnn(Cc2ccc(Cl)cc2Cl)c1. The number of nitrogens with zero attached hydrogens (tertiary/aromatic N) is 4. The van der Waals surface area contributed by atoms with Crippen molar-refractivity contribution in [3.63, 3.8) is 0 Å². The number of thiocarbonyl (C=S) groups is 1. The first-order chi connectivity index (χ1) is 15.8. The van der Waals surface area contributed by atoms with Crippen molar-refractivity contribution >= 4 is 63.5 Å². The fourth-order valence-electron chi connectivity index (χ4n) is 3.45. The minimum atomic E-state index is 0.451. The van der Waals surface area contributed by atoms with Crippen LogP contribution in [-0.2, 0) is 13.1 Å². The van der Waals surface area contributed by atoms with Gasteiger partial charge in [0.15, 0.2) is 5.11 Å². The van der Waals surface area contributed by atoms with Gasteiger partial charge < -0.3 is 10.6 Å². The Kier molecular flexibility index (Phi) is 7.24. The number of aromatic nitrogens is 4. The maximum atomic E-state index is 6.26. The third-order valence-electron chi connectivity index (χ3n) is 5.08. The van der Waals surface area contributed by atoms with E-state index in [0.29, 0.717) is 33.3 Å². The highest BCUT2D eigenvalue weighted by atomic mass is 35.5. The van der Waals surface area contributed by atoms with Crippen LogP contribution in [0, 0.1) is 13.8 Å². The fourth-order valence-corrected chi connectivity index (χ4v) is 4.36. The molecule has 0 spiro atoms. The summed E-state index contributed by atoms with van der Waals surface area (Å²) in [5.74, 6) is 0. The van der Waals surface area contributed by atoms with E-state index < -0.39 is 0 Å². The van der Waals surface area contributed by atoms with Crippen molar-refractivity contribution in [2.24, 2.45) is 0 Å². The fraction of sp³-hybridized carbons (Fsp3) is 0.174. The maximum Gasteiger partial charge on any atom is 0.175 e. The van der Waals surface area contributed by atoms with Gasteiger partial charge in [0.25, 0.3) is 0 Å². The molecule has 2 aromatic carbocycles. The number of aryl methyl sites for hydroxylation is 1. The summed E-state index contributed by atoms with van der Waals surface area (Å²) in [4.78, 5) is 0. The molecule has 0 bridgehead atoms. The van der Waals surface area contributed by atoms with Gasteiger partial charge in [-0.15, -0.1) is 0 Å². The van der Waals surface area contributed by atoms with Gasteiger partial charge in [-0.25, -0.2) is 0 Å². The van der Waals surface area contributed by atoms with Crippen LogP contribution in [0.4, 0.5) is 11.4 Å². The topological polar surface area (TPSA) is 59.7 Å². The van der Waals surface area contributed by atoms with Crippen LogP contribution in [0.3, 0.4) is 0 Å². The zero-order valence-electron chi connectivity index (χ0n) is 17.9. The van der Waals surface area contributed by atoms with Gasteiger partial charge in [-0.3, -0.25) is 9.36 Å². The van der Waals surface area contributed by atoms with Crippen molar-refractivity contribution in [1.29, 1.82) is 0 Å². The van der Waals surface area contributed by atoms with Gasteiger partial charge in [-0.2, -0.15) is 10.2 Å². The lowest BCUT2D eigenvalue weighted by Crippen LogP contribution is -2.19. The van der Waals surface area contributed by atoms with Crippen LogP contribution in [0.2, 0.25) is 15.1 Å². The Morgan fingerprint density at radius 2 is 1.79 bits per heavy atom. The summed E-state index contributed by atoms with van der Waals surface area (Å²) < 4.78 is 3.71. The molecule has 0 radical (unpaired) electrons. The normalized spacial score (nSPS) is 10.9. The molecule has 0 atom stereocenters. The molecule has 0 saturated carbocycles. The Labute approximate surface area is 212 Å². The highest BCUT2D eigenvalue weighted by Crippen LogP contribution is 2.23. The lowest BCUT2D eigenvalue weighted by atomic mass is 10.2. The van der Waals surface area contributed by atoms with E-state index in [9.17, 15) is 0 Å². The van der Waals surface area contributed by atoms with Crippen molar-refractivity contribution in [3.05, 3.63) is 92.4 Å². The first kappa shape index (κ1) is 23.6. The minimum Gasteiger partial charge on any atom is -0.330 e. The summed E-state index contributed by atoms with van der Waals surface area (Å²) in [6, 6.07) is 13.2. The zero-order chi connectivity index (χ0) is 23.5. The summed E-state index contributed by atoms with van der Waals surface area (Å²) >= 11 is 23.9. The molecule has 4 rings (SSSR count). The summed E-state index contributed by atoms with van der Waals surface area (Å²) in [5.41, 5.74) is 5.47. The summed E-state index contributed by atoms with van der Waals surface area (Å²) in [6.45, 7) is 5.09. The van der Waals surface area contributed by atoms with Crippen LogP contribution < -0.4 is 10.6 Å². The molecule has 170 valence electrons. The summed E-state index contributed by atoms with van der Waals surface area (Å²) in [7, 11) is 0. The van der Waals surface area contributed by atoms with Gasteiger partial charge >= 0.3 is 0 Å². The summed E-state index contributed by atoms with van der Waals surface area (Å²) in [5, 5.41) is 17.8. The molecule has 0 aliphatic heterocycles. The average molecular weight is 520 g/mol. The molecule has 0 aliphatic carbocycles. The molecule has 33 heavy (non-hydrogen) atoms. The molecule has 0 saturated heterocycles. The molecule has 10 heteroatoms. The monoisotopic (exact) mass is 518 g/mol. The lowest BCUT2D eigenvalue weighted by molar-refractivity contribution is 0.659. The third-order valence-corrected chi connectivity index (χ3v) is 6.11.